The van der Waals surface area contributed by atoms with E-state index < -0.39 is 7.82 Å². The van der Waals surface area contributed by atoms with Gasteiger partial charge in [0.05, 0.1) is 34.4 Å². The monoisotopic (exact) mass is 735 g/mol. The van der Waals surface area contributed by atoms with Crippen LogP contribution >= 0.6 is 7.82 Å². The highest BCUT2D eigenvalue weighted by Gasteiger charge is 2.25. The highest BCUT2D eigenvalue weighted by molar-refractivity contribution is 7.47. The number of hydrogen-bond donors (Lipinski definition) is 1. The zero-order chi connectivity index (χ0) is 36.9. The molecule has 0 aromatic rings. The average molecular weight is 735 g/mol. The smallest absolute Gasteiger partial charge is 0.379 e. The number of unbranched alkanes of at least 4 members (excludes halogenated alkanes) is 28. The molecule has 0 bridgehead atoms. The lowest BCUT2D eigenvalue weighted by molar-refractivity contribution is -0.870. The molecule has 0 spiro atoms. The van der Waals surface area contributed by atoms with Crippen molar-refractivity contribution in [3.63, 3.8) is 0 Å². The van der Waals surface area contributed by atoms with E-state index in [1.165, 1.54) is 173 Å². The number of quaternary nitrogens is 1. The second kappa shape index (κ2) is 37.3. The van der Waals surface area contributed by atoms with Gasteiger partial charge in [0.2, 0.25) is 0 Å². The van der Waals surface area contributed by atoms with Gasteiger partial charge in [-0.2, -0.15) is 0 Å². The molecule has 0 aliphatic heterocycles. The van der Waals surface area contributed by atoms with Gasteiger partial charge in [-0.1, -0.05) is 194 Å². The van der Waals surface area contributed by atoms with Crippen LogP contribution in [0.25, 0.3) is 0 Å². The van der Waals surface area contributed by atoms with Crippen molar-refractivity contribution in [3.05, 3.63) is 0 Å². The Morgan fingerprint density at radius 1 is 0.460 bits per heavy atom. The third-order valence-electron chi connectivity index (χ3n) is 9.74. The summed E-state index contributed by atoms with van der Waals surface area (Å²) in [6, 6.07) is 0. The zero-order valence-electron chi connectivity index (χ0n) is 34.4. The molecule has 302 valence electrons. The molecule has 0 radical (unpaired) electrons. The van der Waals surface area contributed by atoms with E-state index in [1.54, 1.807) is 0 Å². The number of phosphoric ester groups is 1. The zero-order valence-corrected chi connectivity index (χ0v) is 35.3. The lowest BCUT2D eigenvalue weighted by Gasteiger charge is -2.24. The van der Waals surface area contributed by atoms with E-state index in [9.17, 15) is 9.46 Å². The van der Waals surface area contributed by atoms with Crippen molar-refractivity contribution >= 4 is 7.82 Å². The normalized spacial score (nSPS) is 14.0. The van der Waals surface area contributed by atoms with E-state index in [4.69, 9.17) is 18.5 Å². The first-order valence-corrected chi connectivity index (χ1v) is 23.3. The molecule has 0 aliphatic carbocycles. The van der Waals surface area contributed by atoms with Gasteiger partial charge in [-0.25, -0.2) is 4.57 Å². The van der Waals surface area contributed by atoms with Crippen LogP contribution in [0, 0.1) is 0 Å². The number of likely N-dealkylation sites (N-methyl/N-ethyl adjacent to an activating group) is 1. The maximum Gasteiger partial charge on any atom is 0.472 e. The number of rotatable bonds is 42. The minimum Gasteiger partial charge on any atom is -0.379 e. The highest BCUT2D eigenvalue weighted by Crippen LogP contribution is 2.43. The van der Waals surface area contributed by atoms with E-state index in [2.05, 4.69) is 13.8 Å². The SMILES string of the molecule is CCCCCCCCCCCCCCCCCCOC[C@H](COP(=O)(O)OCC[N+](C)(C)C)OCCCCCCCCCCCCCCCC. The van der Waals surface area contributed by atoms with Gasteiger partial charge in [0, 0.05) is 13.2 Å². The number of ether oxygens (including phenoxy) is 2. The van der Waals surface area contributed by atoms with Crippen molar-refractivity contribution < 1.29 is 32.5 Å². The first-order valence-electron chi connectivity index (χ1n) is 21.8. The summed E-state index contributed by atoms with van der Waals surface area (Å²) in [6.07, 6.45) is 39.8. The fraction of sp³-hybridized carbons (Fsp3) is 1.00. The quantitative estimate of drug-likeness (QED) is 0.0382. The predicted molar refractivity (Wildman–Crippen MR) is 215 cm³/mol. The third kappa shape index (κ3) is 40.8. The van der Waals surface area contributed by atoms with E-state index in [-0.39, 0.29) is 19.3 Å². The van der Waals surface area contributed by atoms with Crippen LogP contribution in [0.4, 0.5) is 0 Å². The number of hydrogen-bond acceptors (Lipinski definition) is 5. The van der Waals surface area contributed by atoms with Crippen LogP contribution in [0.1, 0.15) is 206 Å². The van der Waals surface area contributed by atoms with Gasteiger partial charge in [-0.3, -0.25) is 9.05 Å². The second-order valence-electron chi connectivity index (χ2n) is 16.1. The second-order valence-corrected chi connectivity index (χ2v) is 17.5. The van der Waals surface area contributed by atoms with Crippen molar-refractivity contribution in [2.75, 3.05) is 60.7 Å². The lowest BCUT2D eigenvalue weighted by Crippen LogP contribution is -2.37. The molecule has 0 aromatic carbocycles. The maximum absolute atomic E-state index is 12.5. The van der Waals surface area contributed by atoms with Crippen LogP contribution in [-0.2, 0) is 23.1 Å². The molecule has 0 heterocycles. The van der Waals surface area contributed by atoms with Crippen LogP contribution in [0.2, 0.25) is 0 Å². The Balaban J connectivity index is 4.05. The van der Waals surface area contributed by atoms with Gasteiger partial charge in [0.25, 0.3) is 0 Å². The van der Waals surface area contributed by atoms with Crippen LogP contribution in [0.5, 0.6) is 0 Å². The Hall–Kier alpha value is -0.0100. The van der Waals surface area contributed by atoms with Gasteiger partial charge in [-0.05, 0) is 12.8 Å². The molecule has 0 aromatic heterocycles. The molecule has 0 saturated carbocycles. The van der Waals surface area contributed by atoms with Crippen LogP contribution < -0.4 is 0 Å². The predicted octanol–water partition coefficient (Wildman–Crippen LogP) is 13.0. The number of nitrogens with zero attached hydrogens (tertiary/aromatic N) is 1. The molecule has 8 heteroatoms. The molecule has 0 rings (SSSR count). The summed E-state index contributed by atoms with van der Waals surface area (Å²) < 4.78 is 35.7. The van der Waals surface area contributed by atoms with E-state index >= 15 is 0 Å². The Morgan fingerprint density at radius 3 is 1.16 bits per heavy atom. The van der Waals surface area contributed by atoms with Crippen molar-refractivity contribution in [2.45, 2.75) is 213 Å². The summed E-state index contributed by atoms with van der Waals surface area (Å²) in [5.41, 5.74) is 0. The van der Waals surface area contributed by atoms with Crippen molar-refractivity contribution in [3.8, 4) is 0 Å². The summed E-state index contributed by atoms with van der Waals surface area (Å²) in [7, 11) is 1.92. The van der Waals surface area contributed by atoms with Gasteiger partial charge in [0.15, 0.2) is 0 Å². The molecule has 1 unspecified atom stereocenters. The van der Waals surface area contributed by atoms with E-state index in [1.807, 2.05) is 21.1 Å². The Bertz CT molecular complexity index is 719. The largest absolute Gasteiger partial charge is 0.472 e. The van der Waals surface area contributed by atoms with Crippen molar-refractivity contribution in [1.82, 2.24) is 0 Å². The molecule has 0 amide bonds. The molecular weight excluding hydrogens is 645 g/mol. The van der Waals surface area contributed by atoms with Gasteiger partial charge >= 0.3 is 7.82 Å². The third-order valence-corrected chi connectivity index (χ3v) is 10.7. The molecule has 0 fully saturated rings. The average Bonchev–Trinajstić information content (AvgIpc) is 3.07. The van der Waals surface area contributed by atoms with Crippen LogP contribution in [-0.4, -0.2) is 76.2 Å². The maximum atomic E-state index is 12.5. The van der Waals surface area contributed by atoms with Gasteiger partial charge in [0.1, 0.15) is 19.3 Å². The molecule has 0 saturated heterocycles. The molecule has 50 heavy (non-hydrogen) atoms. The Labute approximate surface area is 312 Å². The fourth-order valence-corrected chi connectivity index (χ4v) is 7.04. The van der Waals surface area contributed by atoms with Crippen molar-refractivity contribution in [1.29, 1.82) is 0 Å². The molecule has 7 nitrogen and oxygen atoms in total. The summed E-state index contributed by atoms with van der Waals surface area (Å²) in [4.78, 5) is 10.2. The number of phosphoric acid groups is 1. The molecule has 1 N–H and O–H groups in total. The lowest BCUT2D eigenvalue weighted by atomic mass is 10.0. The van der Waals surface area contributed by atoms with Gasteiger partial charge in [-0.15, -0.1) is 0 Å². The molecule has 0 aliphatic rings. The highest BCUT2D eigenvalue weighted by atomic mass is 31.2. The summed E-state index contributed by atoms with van der Waals surface area (Å²) >= 11 is 0. The summed E-state index contributed by atoms with van der Waals surface area (Å²) in [5.74, 6) is 0. The first kappa shape index (κ1) is 50.0. The van der Waals surface area contributed by atoms with E-state index in [0.717, 1.165) is 19.3 Å². The topological polar surface area (TPSA) is 74.2 Å². The Morgan fingerprint density at radius 2 is 0.800 bits per heavy atom. The summed E-state index contributed by atoms with van der Waals surface area (Å²) in [6.45, 7) is 7.02. The Kier molecular flexibility index (Phi) is 37.3. The standard InChI is InChI=1S/C42H88NO6P/c1-6-8-10-12-14-16-18-20-22-23-24-26-28-30-32-34-37-46-40-42(41-49-50(44,45)48-39-36-43(3,4)5)47-38-35-33-31-29-27-25-21-19-17-15-13-11-9-7-2/h42H,6-41H2,1-5H3/p+1/t42-/m1/s1. The minimum atomic E-state index is -4.13. The van der Waals surface area contributed by atoms with Gasteiger partial charge < -0.3 is 18.9 Å². The fourth-order valence-electron chi connectivity index (χ4n) is 6.30. The summed E-state index contributed by atoms with van der Waals surface area (Å²) in [5, 5.41) is 0. The molecular formula is C42H89NO6P+. The molecule has 2 atom stereocenters. The van der Waals surface area contributed by atoms with E-state index in [0.29, 0.717) is 30.8 Å². The van der Waals surface area contributed by atoms with Crippen molar-refractivity contribution in [2.24, 2.45) is 0 Å². The minimum absolute atomic E-state index is 0.00425. The first-order chi connectivity index (χ1) is 24.2. The van der Waals surface area contributed by atoms with Crippen LogP contribution in [0.15, 0.2) is 0 Å². The van der Waals surface area contributed by atoms with Crippen LogP contribution in [0.3, 0.4) is 0 Å².